The van der Waals surface area contributed by atoms with Gasteiger partial charge in [-0.3, -0.25) is 9.80 Å². The van der Waals surface area contributed by atoms with E-state index in [9.17, 15) is 13.9 Å². The summed E-state index contributed by atoms with van der Waals surface area (Å²) >= 11 is 0. The fourth-order valence-electron chi connectivity index (χ4n) is 4.40. The van der Waals surface area contributed by atoms with E-state index in [2.05, 4.69) is 4.90 Å². The summed E-state index contributed by atoms with van der Waals surface area (Å²) in [5.41, 5.74) is -0.0142. The smallest absolute Gasteiger partial charge is 0.130 e. The van der Waals surface area contributed by atoms with Gasteiger partial charge in [0.25, 0.3) is 0 Å². The SMILES string of the molecule is O[C@]1(c2ccccc2)CCN(Cc2c(F)cccc2F)C[C@H]1N1CCOCC1. The van der Waals surface area contributed by atoms with Crippen molar-refractivity contribution >= 4 is 0 Å². The third-order valence-corrected chi connectivity index (χ3v) is 6.00. The van der Waals surface area contributed by atoms with Gasteiger partial charge in [-0.05, 0) is 24.1 Å². The highest BCUT2D eigenvalue weighted by molar-refractivity contribution is 5.26. The Labute approximate surface area is 164 Å². The molecule has 28 heavy (non-hydrogen) atoms. The van der Waals surface area contributed by atoms with Crippen LogP contribution in [0.4, 0.5) is 8.78 Å². The Morgan fingerprint density at radius 2 is 1.64 bits per heavy atom. The summed E-state index contributed by atoms with van der Waals surface area (Å²) in [4.78, 5) is 4.29. The van der Waals surface area contributed by atoms with Crippen LogP contribution in [0.5, 0.6) is 0 Å². The van der Waals surface area contributed by atoms with Gasteiger partial charge in [-0.2, -0.15) is 0 Å². The van der Waals surface area contributed by atoms with Crippen LogP contribution in [0.2, 0.25) is 0 Å². The van der Waals surface area contributed by atoms with E-state index in [1.807, 2.05) is 35.2 Å². The molecular formula is C22H26F2N2O2. The van der Waals surface area contributed by atoms with Gasteiger partial charge in [-0.15, -0.1) is 0 Å². The topological polar surface area (TPSA) is 35.9 Å². The molecule has 4 nitrogen and oxygen atoms in total. The van der Waals surface area contributed by atoms with Crippen molar-refractivity contribution in [3.63, 3.8) is 0 Å². The Bertz CT molecular complexity index is 778. The number of hydrogen-bond donors (Lipinski definition) is 1. The maximum Gasteiger partial charge on any atom is 0.130 e. The largest absolute Gasteiger partial charge is 0.383 e. The van der Waals surface area contributed by atoms with E-state index in [0.29, 0.717) is 32.7 Å². The summed E-state index contributed by atoms with van der Waals surface area (Å²) < 4.78 is 33.7. The number of piperidine rings is 1. The predicted molar refractivity (Wildman–Crippen MR) is 103 cm³/mol. The second-order valence-corrected chi connectivity index (χ2v) is 7.64. The van der Waals surface area contributed by atoms with Gasteiger partial charge in [0.2, 0.25) is 0 Å². The molecule has 150 valence electrons. The van der Waals surface area contributed by atoms with Crippen LogP contribution in [-0.2, 0) is 16.9 Å². The zero-order valence-corrected chi connectivity index (χ0v) is 15.9. The Morgan fingerprint density at radius 3 is 2.32 bits per heavy atom. The normalized spacial score (nSPS) is 27.0. The van der Waals surface area contributed by atoms with Gasteiger partial charge in [0, 0.05) is 38.3 Å². The number of likely N-dealkylation sites (tertiary alicyclic amines) is 1. The van der Waals surface area contributed by atoms with Gasteiger partial charge < -0.3 is 9.84 Å². The molecule has 2 saturated heterocycles. The lowest BCUT2D eigenvalue weighted by molar-refractivity contribution is -0.119. The molecule has 2 heterocycles. The molecule has 4 rings (SSSR count). The van der Waals surface area contributed by atoms with Crippen molar-refractivity contribution in [1.29, 1.82) is 0 Å². The Morgan fingerprint density at radius 1 is 0.964 bits per heavy atom. The third kappa shape index (κ3) is 3.82. The minimum Gasteiger partial charge on any atom is -0.383 e. The van der Waals surface area contributed by atoms with Crippen LogP contribution in [0.25, 0.3) is 0 Å². The van der Waals surface area contributed by atoms with E-state index < -0.39 is 17.2 Å². The van der Waals surface area contributed by atoms with Crippen molar-refractivity contribution in [3.05, 3.63) is 71.3 Å². The van der Waals surface area contributed by atoms with Crippen LogP contribution in [0, 0.1) is 11.6 Å². The molecule has 0 amide bonds. The van der Waals surface area contributed by atoms with Gasteiger partial charge in [0.05, 0.1) is 19.3 Å². The molecule has 2 aromatic carbocycles. The van der Waals surface area contributed by atoms with Gasteiger partial charge >= 0.3 is 0 Å². The number of nitrogens with zero attached hydrogens (tertiary/aromatic N) is 2. The molecule has 0 spiro atoms. The molecule has 2 aliphatic rings. The first kappa shape index (κ1) is 19.5. The predicted octanol–water partition coefficient (Wildman–Crippen LogP) is 2.76. The van der Waals surface area contributed by atoms with E-state index in [1.54, 1.807) is 0 Å². The average Bonchev–Trinajstić information content (AvgIpc) is 2.73. The Hall–Kier alpha value is -1.86. The zero-order chi connectivity index (χ0) is 19.6. The second kappa shape index (κ2) is 8.25. The Balaban J connectivity index is 1.60. The highest BCUT2D eigenvalue weighted by Crippen LogP contribution is 2.37. The van der Waals surface area contributed by atoms with Crippen molar-refractivity contribution < 1.29 is 18.6 Å². The van der Waals surface area contributed by atoms with Crippen LogP contribution in [0.3, 0.4) is 0 Å². The summed E-state index contributed by atoms with van der Waals surface area (Å²) in [5, 5.41) is 11.7. The maximum atomic E-state index is 14.1. The first-order valence-electron chi connectivity index (χ1n) is 9.83. The molecule has 0 unspecified atom stereocenters. The maximum absolute atomic E-state index is 14.1. The summed E-state index contributed by atoms with van der Waals surface area (Å²) in [6.45, 7) is 4.04. The van der Waals surface area contributed by atoms with Crippen molar-refractivity contribution in [2.45, 2.75) is 24.6 Å². The molecule has 1 N–H and O–H groups in total. The monoisotopic (exact) mass is 388 g/mol. The molecule has 0 aliphatic carbocycles. The fraction of sp³-hybridized carbons (Fsp3) is 0.455. The van der Waals surface area contributed by atoms with E-state index in [0.717, 1.165) is 18.7 Å². The van der Waals surface area contributed by atoms with Crippen LogP contribution >= 0.6 is 0 Å². The molecule has 2 aromatic rings. The first-order chi connectivity index (χ1) is 13.6. The van der Waals surface area contributed by atoms with Crippen LogP contribution in [0.1, 0.15) is 17.5 Å². The summed E-state index contributed by atoms with van der Waals surface area (Å²) in [6.07, 6.45) is 0.509. The van der Waals surface area contributed by atoms with Crippen LogP contribution in [0.15, 0.2) is 48.5 Å². The Kier molecular flexibility index (Phi) is 5.73. The van der Waals surface area contributed by atoms with Crippen LogP contribution < -0.4 is 0 Å². The van der Waals surface area contributed by atoms with Crippen molar-refractivity contribution in [2.24, 2.45) is 0 Å². The molecule has 2 fully saturated rings. The summed E-state index contributed by atoms with van der Waals surface area (Å²) in [6, 6.07) is 13.5. The number of halogens is 2. The number of ether oxygens (including phenoxy) is 1. The standard InChI is InChI=1S/C22H26F2N2O2/c23-19-7-4-8-20(24)18(19)15-25-10-9-22(27,17-5-2-1-3-6-17)21(16-25)26-11-13-28-14-12-26/h1-8,21,27H,9-16H2/t21-,22+/m1/s1. The number of morpholine rings is 1. The van der Waals surface area contributed by atoms with Crippen molar-refractivity contribution in [3.8, 4) is 0 Å². The van der Waals surface area contributed by atoms with Crippen LogP contribution in [-0.4, -0.2) is 60.3 Å². The molecule has 0 aromatic heterocycles. The quantitative estimate of drug-likeness (QED) is 0.874. The molecule has 2 atom stereocenters. The van der Waals surface area contributed by atoms with Crippen molar-refractivity contribution in [1.82, 2.24) is 9.80 Å². The number of benzene rings is 2. The van der Waals surface area contributed by atoms with E-state index in [1.165, 1.54) is 18.2 Å². The zero-order valence-electron chi connectivity index (χ0n) is 15.9. The number of hydrogen-bond acceptors (Lipinski definition) is 4. The summed E-state index contributed by atoms with van der Waals surface area (Å²) in [5.74, 6) is -1.04. The molecule has 6 heteroatoms. The molecule has 0 bridgehead atoms. The van der Waals surface area contributed by atoms with Gasteiger partial charge in [-0.25, -0.2) is 8.78 Å². The highest BCUT2D eigenvalue weighted by atomic mass is 19.1. The molecule has 0 radical (unpaired) electrons. The van der Waals surface area contributed by atoms with Gasteiger partial charge in [0.1, 0.15) is 17.2 Å². The fourth-order valence-corrected chi connectivity index (χ4v) is 4.40. The van der Waals surface area contributed by atoms with Crippen molar-refractivity contribution in [2.75, 3.05) is 39.4 Å². The second-order valence-electron chi connectivity index (χ2n) is 7.64. The molecular weight excluding hydrogens is 362 g/mol. The van der Waals surface area contributed by atoms with E-state index in [4.69, 9.17) is 4.74 Å². The van der Waals surface area contributed by atoms with E-state index in [-0.39, 0.29) is 18.2 Å². The first-order valence-corrected chi connectivity index (χ1v) is 9.83. The molecule has 2 aliphatic heterocycles. The lowest BCUT2D eigenvalue weighted by Gasteiger charge is -2.50. The summed E-state index contributed by atoms with van der Waals surface area (Å²) in [7, 11) is 0. The lowest BCUT2D eigenvalue weighted by atomic mass is 9.79. The highest BCUT2D eigenvalue weighted by Gasteiger charge is 2.46. The minimum absolute atomic E-state index is 0.0911. The third-order valence-electron chi connectivity index (χ3n) is 6.00. The minimum atomic E-state index is -0.997. The number of aliphatic hydroxyl groups is 1. The van der Waals surface area contributed by atoms with E-state index >= 15 is 0 Å². The molecule has 0 saturated carbocycles. The number of rotatable bonds is 4. The average molecular weight is 388 g/mol. The van der Waals surface area contributed by atoms with Gasteiger partial charge in [-0.1, -0.05) is 36.4 Å². The lowest BCUT2D eigenvalue weighted by Crippen LogP contribution is -2.62. The van der Waals surface area contributed by atoms with Gasteiger partial charge in [0.15, 0.2) is 0 Å².